The third-order valence-corrected chi connectivity index (χ3v) is 7.09. The maximum Gasteiger partial charge on any atom is 0.338 e. The lowest BCUT2D eigenvalue weighted by Crippen LogP contribution is -2.40. The number of phenols is 1. The van der Waals surface area contributed by atoms with E-state index in [4.69, 9.17) is 14.2 Å². The van der Waals surface area contributed by atoms with E-state index in [2.05, 4.69) is 20.9 Å². The summed E-state index contributed by atoms with van der Waals surface area (Å²) in [7, 11) is 3.05. The van der Waals surface area contributed by atoms with Crippen LogP contribution in [-0.2, 0) is 9.53 Å². The second-order valence-corrected chi connectivity index (χ2v) is 9.49. The molecule has 1 N–H and O–H groups in total. The predicted octanol–water partition coefficient (Wildman–Crippen LogP) is 3.28. The summed E-state index contributed by atoms with van der Waals surface area (Å²) >= 11 is 4.70. The van der Waals surface area contributed by atoms with Crippen molar-refractivity contribution in [3.63, 3.8) is 0 Å². The fourth-order valence-electron chi connectivity index (χ4n) is 3.95. The van der Waals surface area contributed by atoms with Crippen LogP contribution in [0.3, 0.4) is 0 Å². The summed E-state index contributed by atoms with van der Waals surface area (Å²) in [6.07, 6.45) is 1.69. The van der Waals surface area contributed by atoms with E-state index in [0.717, 1.165) is 0 Å². The molecule has 0 amide bonds. The SMILES string of the molecule is CCOC(=O)C1=C(C)N=c2s/c(=C\c3cccc(O)c3)c(=O)n2[C@H]1c1cc(Br)c(OC)cc1OC. The van der Waals surface area contributed by atoms with E-state index in [1.54, 1.807) is 56.3 Å². The van der Waals surface area contributed by atoms with Crippen molar-refractivity contribution < 1.29 is 24.1 Å². The zero-order chi connectivity index (χ0) is 25.3. The number of hydrogen-bond donors (Lipinski definition) is 1. The number of phenolic OH excluding ortho intramolecular Hbond substituents is 1. The predicted molar refractivity (Wildman–Crippen MR) is 136 cm³/mol. The molecule has 2 heterocycles. The number of carbonyl (C=O) groups is 1. The van der Waals surface area contributed by atoms with Gasteiger partial charge in [0.1, 0.15) is 23.3 Å². The van der Waals surface area contributed by atoms with Crippen LogP contribution < -0.4 is 24.4 Å². The summed E-state index contributed by atoms with van der Waals surface area (Å²) in [6.45, 7) is 3.61. The van der Waals surface area contributed by atoms with Crippen molar-refractivity contribution in [2.45, 2.75) is 19.9 Å². The first-order valence-electron chi connectivity index (χ1n) is 10.7. The van der Waals surface area contributed by atoms with E-state index >= 15 is 0 Å². The number of fused-ring (bicyclic) bond motifs is 1. The molecule has 0 bridgehead atoms. The number of rotatable bonds is 6. The molecule has 0 saturated heterocycles. The number of carbonyl (C=O) groups excluding carboxylic acids is 1. The molecule has 35 heavy (non-hydrogen) atoms. The third kappa shape index (κ3) is 4.63. The largest absolute Gasteiger partial charge is 0.508 e. The fourth-order valence-corrected chi connectivity index (χ4v) is 5.52. The van der Waals surface area contributed by atoms with Crippen LogP contribution in [0.25, 0.3) is 6.08 Å². The van der Waals surface area contributed by atoms with Crippen molar-refractivity contribution in [3.8, 4) is 17.2 Å². The molecule has 0 unspecified atom stereocenters. The highest BCUT2D eigenvalue weighted by Crippen LogP contribution is 2.41. The van der Waals surface area contributed by atoms with Gasteiger partial charge in [-0.05, 0) is 59.6 Å². The number of nitrogens with zero attached hydrogens (tertiary/aromatic N) is 2. The second kappa shape index (κ2) is 10.1. The Balaban J connectivity index is 2.03. The minimum atomic E-state index is -0.839. The van der Waals surface area contributed by atoms with Crippen LogP contribution in [0.2, 0.25) is 0 Å². The molecule has 0 aliphatic carbocycles. The second-order valence-electron chi connectivity index (χ2n) is 7.63. The maximum absolute atomic E-state index is 13.7. The Bertz CT molecular complexity index is 1520. The Morgan fingerprint density at radius 1 is 1.23 bits per heavy atom. The van der Waals surface area contributed by atoms with Crippen molar-refractivity contribution in [1.82, 2.24) is 4.57 Å². The number of esters is 1. The Kier molecular flexibility index (Phi) is 7.13. The number of methoxy groups -OCH3 is 2. The van der Waals surface area contributed by atoms with E-state index in [1.807, 2.05) is 0 Å². The topological polar surface area (TPSA) is 99.4 Å². The van der Waals surface area contributed by atoms with E-state index < -0.39 is 12.0 Å². The lowest BCUT2D eigenvalue weighted by molar-refractivity contribution is -0.139. The standard InChI is InChI=1S/C25H23BrN2O6S/c1-5-34-24(31)21-13(2)27-25-28(22(21)16-11-17(26)19(33-4)12-18(16)32-3)23(30)20(35-25)10-14-7-6-8-15(29)9-14/h6-12,22,29H,5H2,1-4H3/b20-10-/t22-/m0/s1. The number of thiazole rings is 1. The molecule has 1 aliphatic rings. The van der Waals surface area contributed by atoms with Gasteiger partial charge in [0.25, 0.3) is 5.56 Å². The lowest BCUT2D eigenvalue weighted by Gasteiger charge is -2.26. The zero-order valence-electron chi connectivity index (χ0n) is 19.5. The van der Waals surface area contributed by atoms with Crippen molar-refractivity contribution in [3.05, 3.63) is 83.0 Å². The summed E-state index contributed by atoms with van der Waals surface area (Å²) in [5.74, 6) is 0.516. The first kappa shape index (κ1) is 24.7. The average molecular weight is 559 g/mol. The van der Waals surface area contributed by atoms with Crippen molar-refractivity contribution in [1.29, 1.82) is 0 Å². The summed E-state index contributed by atoms with van der Waals surface area (Å²) in [5.41, 5.74) is 1.61. The molecule has 0 spiro atoms. The van der Waals surface area contributed by atoms with Gasteiger partial charge < -0.3 is 19.3 Å². The summed E-state index contributed by atoms with van der Waals surface area (Å²) in [6, 6.07) is 9.23. The van der Waals surface area contributed by atoms with Gasteiger partial charge in [-0.15, -0.1) is 0 Å². The number of hydrogen-bond acceptors (Lipinski definition) is 8. The smallest absolute Gasteiger partial charge is 0.338 e. The minimum Gasteiger partial charge on any atom is -0.508 e. The molecule has 1 aromatic heterocycles. The Hall–Kier alpha value is -3.37. The number of allylic oxidation sites excluding steroid dienone is 1. The molecule has 8 nitrogen and oxygen atoms in total. The van der Waals surface area contributed by atoms with E-state index in [1.165, 1.54) is 30.1 Å². The monoisotopic (exact) mass is 558 g/mol. The van der Waals surface area contributed by atoms with Gasteiger partial charge in [-0.3, -0.25) is 9.36 Å². The number of aromatic nitrogens is 1. The van der Waals surface area contributed by atoms with E-state index in [-0.39, 0.29) is 23.5 Å². The summed E-state index contributed by atoms with van der Waals surface area (Å²) in [5, 5.41) is 9.82. The molecule has 1 atom stereocenters. The van der Waals surface area contributed by atoms with Crippen LogP contribution in [0.4, 0.5) is 0 Å². The highest BCUT2D eigenvalue weighted by Gasteiger charge is 2.35. The van der Waals surface area contributed by atoms with Crippen molar-refractivity contribution in [2.24, 2.45) is 4.99 Å². The molecule has 4 rings (SSSR count). The summed E-state index contributed by atoms with van der Waals surface area (Å²) in [4.78, 5) is 31.8. The van der Waals surface area contributed by atoms with Crippen LogP contribution in [0.15, 0.2) is 61.9 Å². The average Bonchev–Trinajstić information content (AvgIpc) is 3.12. The molecule has 10 heteroatoms. The molecule has 2 aromatic carbocycles. The first-order valence-corrected chi connectivity index (χ1v) is 12.3. The van der Waals surface area contributed by atoms with Crippen LogP contribution in [-0.4, -0.2) is 36.5 Å². The van der Waals surface area contributed by atoms with Gasteiger partial charge in [-0.1, -0.05) is 23.5 Å². The molecule has 0 fully saturated rings. The molecule has 1 aliphatic heterocycles. The lowest BCUT2D eigenvalue weighted by atomic mass is 9.95. The van der Waals surface area contributed by atoms with Crippen LogP contribution in [0.1, 0.15) is 31.0 Å². The molecule has 0 saturated carbocycles. The quantitative estimate of drug-likeness (QED) is 0.466. The first-order chi connectivity index (χ1) is 16.8. The van der Waals surface area contributed by atoms with E-state index in [0.29, 0.717) is 42.1 Å². The molecule has 0 radical (unpaired) electrons. The highest BCUT2D eigenvalue weighted by molar-refractivity contribution is 9.10. The highest BCUT2D eigenvalue weighted by atomic mass is 79.9. The van der Waals surface area contributed by atoms with Gasteiger partial charge >= 0.3 is 5.97 Å². The number of aromatic hydroxyl groups is 1. The van der Waals surface area contributed by atoms with Gasteiger partial charge in [-0.2, -0.15) is 0 Å². The van der Waals surface area contributed by atoms with Crippen LogP contribution >= 0.6 is 27.3 Å². The van der Waals surface area contributed by atoms with Crippen LogP contribution in [0, 0.1) is 0 Å². The Labute approximate surface area is 213 Å². The van der Waals surface area contributed by atoms with Gasteiger partial charge in [-0.25, -0.2) is 9.79 Å². The molecular weight excluding hydrogens is 536 g/mol. The molecule has 182 valence electrons. The Morgan fingerprint density at radius 2 is 1.97 bits per heavy atom. The minimum absolute atomic E-state index is 0.0951. The van der Waals surface area contributed by atoms with Gasteiger partial charge in [0, 0.05) is 11.6 Å². The Morgan fingerprint density at radius 3 is 2.63 bits per heavy atom. The van der Waals surface area contributed by atoms with Gasteiger partial charge in [0.05, 0.1) is 41.1 Å². The zero-order valence-corrected chi connectivity index (χ0v) is 21.9. The van der Waals surface area contributed by atoms with Gasteiger partial charge in [0.15, 0.2) is 4.80 Å². The maximum atomic E-state index is 13.7. The van der Waals surface area contributed by atoms with Crippen molar-refractivity contribution >= 4 is 39.3 Å². The number of benzene rings is 2. The van der Waals surface area contributed by atoms with Crippen LogP contribution in [0.5, 0.6) is 17.2 Å². The number of ether oxygens (including phenoxy) is 3. The number of halogens is 1. The third-order valence-electron chi connectivity index (χ3n) is 5.48. The van der Waals surface area contributed by atoms with Gasteiger partial charge in [0.2, 0.25) is 0 Å². The van der Waals surface area contributed by atoms with E-state index in [9.17, 15) is 14.7 Å². The molecule has 3 aromatic rings. The normalized spacial score (nSPS) is 15.5. The van der Waals surface area contributed by atoms with Crippen molar-refractivity contribution in [2.75, 3.05) is 20.8 Å². The molecular formula is C25H23BrN2O6S. The summed E-state index contributed by atoms with van der Waals surface area (Å²) < 4.78 is 18.9. The fraction of sp³-hybridized carbons (Fsp3) is 0.240.